The standard InChI is InChI=1S/C13H13NOS/c14-13(11-4-2-1-3-5-11)12(15)8-10-6-7-16-9-10/h1-7,9,13H,8,14H2. The summed E-state index contributed by atoms with van der Waals surface area (Å²) in [5.41, 5.74) is 7.83. The molecule has 0 fully saturated rings. The summed E-state index contributed by atoms with van der Waals surface area (Å²) < 4.78 is 0. The maximum absolute atomic E-state index is 11.9. The second-order valence-corrected chi connectivity index (χ2v) is 4.44. The molecule has 0 bridgehead atoms. The molecule has 3 heteroatoms. The first-order valence-electron chi connectivity index (χ1n) is 5.11. The van der Waals surface area contributed by atoms with Gasteiger partial charge in [-0.1, -0.05) is 30.3 Å². The zero-order chi connectivity index (χ0) is 11.4. The van der Waals surface area contributed by atoms with Crippen molar-refractivity contribution in [3.05, 3.63) is 58.3 Å². The number of benzene rings is 1. The van der Waals surface area contributed by atoms with E-state index in [1.807, 2.05) is 47.2 Å². The number of carbonyl (C=O) groups excluding carboxylic acids is 1. The van der Waals surface area contributed by atoms with Gasteiger partial charge in [0.15, 0.2) is 5.78 Å². The maximum atomic E-state index is 11.9. The van der Waals surface area contributed by atoms with Crippen LogP contribution in [0.25, 0.3) is 0 Å². The van der Waals surface area contributed by atoms with Crippen LogP contribution in [0.5, 0.6) is 0 Å². The van der Waals surface area contributed by atoms with E-state index in [1.54, 1.807) is 11.3 Å². The maximum Gasteiger partial charge on any atom is 0.158 e. The molecule has 0 aliphatic rings. The van der Waals surface area contributed by atoms with Gasteiger partial charge in [-0.05, 0) is 28.0 Å². The van der Waals surface area contributed by atoms with Crippen LogP contribution in [0.4, 0.5) is 0 Å². The molecule has 0 saturated heterocycles. The Morgan fingerprint density at radius 2 is 2.00 bits per heavy atom. The molecule has 2 nitrogen and oxygen atoms in total. The lowest BCUT2D eigenvalue weighted by Crippen LogP contribution is -2.22. The van der Waals surface area contributed by atoms with E-state index in [2.05, 4.69) is 0 Å². The van der Waals surface area contributed by atoms with Gasteiger partial charge in [-0.2, -0.15) is 11.3 Å². The van der Waals surface area contributed by atoms with Crippen LogP contribution in [-0.4, -0.2) is 5.78 Å². The molecule has 16 heavy (non-hydrogen) atoms. The van der Waals surface area contributed by atoms with E-state index in [4.69, 9.17) is 5.73 Å². The van der Waals surface area contributed by atoms with E-state index in [0.29, 0.717) is 6.42 Å². The summed E-state index contributed by atoms with van der Waals surface area (Å²) >= 11 is 1.60. The lowest BCUT2D eigenvalue weighted by molar-refractivity contribution is -0.119. The van der Waals surface area contributed by atoms with Gasteiger partial charge in [0.25, 0.3) is 0 Å². The number of carbonyl (C=O) groups is 1. The van der Waals surface area contributed by atoms with Gasteiger partial charge < -0.3 is 5.73 Å². The number of Topliss-reactive ketones (excluding diaryl/α,β-unsaturated/α-hetero) is 1. The second kappa shape index (κ2) is 5.05. The highest BCUT2D eigenvalue weighted by molar-refractivity contribution is 7.07. The Morgan fingerprint density at radius 1 is 1.25 bits per heavy atom. The summed E-state index contributed by atoms with van der Waals surface area (Å²) in [5.74, 6) is 0.0598. The molecular weight excluding hydrogens is 218 g/mol. The average Bonchev–Trinajstić information content (AvgIpc) is 2.82. The van der Waals surface area contributed by atoms with E-state index < -0.39 is 6.04 Å². The molecule has 1 unspecified atom stereocenters. The third kappa shape index (κ3) is 2.56. The van der Waals surface area contributed by atoms with Gasteiger partial charge in [0.05, 0.1) is 6.04 Å². The van der Waals surface area contributed by atoms with Crippen LogP contribution in [-0.2, 0) is 11.2 Å². The van der Waals surface area contributed by atoms with Gasteiger partial charge in [0.2, 0.25) is 0 Å². The minimum Gasteiger partial charge on any atom is -0.318 e. The van der Waals surface area contributed by atoms with Crippen molar-refractivity contribution in [1.29, 1.82) is 0 Å². The minimum absolute atomic E-state index is 0.0598. The fourth-order valence-corrected chi connectivity index (χ4v) is 2.22. The van der Waals surface area contributed by atoms with Crippen LogP contribution in [0.2, 0.25) is 0 Å². The lowest BCUT2D eigenvalue weighted by atomic mass is 10.00. The Kier molecular flexibility index (Phi) is 3.49. The van der Waals surface area contributed by atoms with Crippen LogP contribution in [0, 0.1) is 0 Å². The molecule has 0 aliphatic carbocycles. The molecule has 0 radical (unpaired) electrons. The van der Waals surface area contributed by atoms with Crippen LogP contribution < -0.4 is 5.73 Å². The molecule has 1 aromatic heterocycles. The fourth-order valence-electron chi connectivity index (χ4n) is 1.55. The minimum atomic E-state index is -0.513. The smallest absolute Gasteiger partial charge is 0.158 e. The van der Waals surface area contributed by atoms with Crippen molar-refractivity contribution >= 4 is 17.1 Å². The lowest BCUT2D eigenvalue weighted by Gasteiger charge is -2.09. The second-order valence-electron chi connectivity index (χ2n) is 3.66. The van der Waals surface area contributed by atoms with Crippen LogP contribution in [0.15, 0.2) is 47.2 Å². The van der Waals surface area contributed by atoms with Crippen molar-refractivity contribution in [2.45, 2.75) is 12.5 Å². The molecule has 0 saturated carbocycles. The summed E-state index contributed by atoms with van der Waals surface area (Å²) in [4.78, 5) is 11.9. The molecule has 2 rings (SSSR count). The molecule has 0 amide bonds. The Labute approximate surface area is 98.7 Å². The number of rotatable bonds is 4. The van der Waals surface area contributed by atoms with Gasteiger partial charge in [0.1, 0.15) is 0 Å². The highest BCUT2D eigenvalue weighted by atomic mass is 32.1. The van der Waals surface area contributed by atoms with E-state index in [1.165, 1.54) is 0 Å². The van der Waals surface area contributed by atoms with Crippen molar-refractivity contribution in [3.8, 4) is 0 Å². The highest BCUT2D eigenvalue weighted by Gasteiger charge is 2.15. The quantitative estimate of drug-likeness (QED) is 0.878. The topological polar surface area (TPSA) is 43.1 Å². The molecule has 0 spiro atoms. The normalized spacial score (nSPS) is 12.3. The third-order valence-electron chi connectivity index (χ3n) is 2.46. The van der Waals surface area contributed by atoms with E-state index >= 15 is 0 Å². The van der Waals surface area contributed by atoms with Crippen molar-refractivity contribution in [2.24, 2.45) is 5.73 Å². The fraction of sp³-hybridized carbons (Fsp3) is 0.154. The van der Waals surface area contributed by atoms with Gasteiger partial charge in [-0.15, -0.1) is 0 Å². The summed E-state index contributed by atoms with van der Waals surface area (Å²) in [6.45, 7) is 0. The van der Waals surface area contributed by atoms with Gasteiger partial charge in [0, 0.05) is 6.42 Å². The summed E-state index contributed by atoms with van der Waals surface area (Å²) in [5, 5.41) is 3.95. The predicted molar refractivity (Wildman–Crippen MR) is 66.4 cm³/mol. The summed E-state index contributed by atoms with van der Waals surface area (Å²) in [6.07, 6.45) is 0.416. The SMILES string of the molecule is NC(C(=O)Cc1ccsc1)c1ccccc1. The first-order chi connectivity index (χ1) is 7.77. The van der Waals surface area contributed by atoms with Crippen molar-refractivity contribution in [3.63, 3.8) is 0 Å². The Balaban J connectivity index is 2.05. The molecule has 2 N–H and O–H groups in total. The zero-order valence-electron chi connectivity index (χ0n) is 8.80. The third-order valence-corrected chi connectivity index (χ3v) is 3.20. The molecule has 1 atom stereocenters. The van der Waals surface area contributed by atoms with E-state index in [0.717, 1.165) is 11.1 Å². The van der Waals surface area contributed by atoms with Crippen LogP contribution in [0.3, 0.4) is 0 Å². The Hall–Kier alpha value is -1.45. The van der Waals surface area contributed by atoms with E-state index in [9.17, 15) is 4.79 Å². The zero-order valence-corrected chi connectivity index (χ0v) is 9.61. The van der Waals surface area contributed by atoms with E-state index in [-0.39, 0.29) is 5.78 Å². The molecule has 1 heterocycles. The van der Waals surface area contributed by atoms with Crippen molar-refractivity contribution in [2.75, 3.05) is 0 Å². The van der Waals surface area contributed by atoms with Crippen LogP contribution in [0.1, 0.15) is 17.2 Å². The molecule has 82 valence electrons. The number of hydrogen-bond donors (Lipinski definition) is 1. The number of nitrogens with two attached hydrogens (primary N) is 1. The molecule has 2 aromatic rings. The molecule has 1 aromatic carbocycles. The Morgan fingerprint density at radius 3 is 2.62 bits per heavy atom. The van der Waals surface area contributed by atoms with Gasteiger partial charge in [-0.25, -0.2) is 0 Å². The van der Waals surface area contributed by atoms with Gasteiger partial charge >= 0.3 is 0 Å². The van der Waals surface area contributed by atoms with Crippen molar-refractivity contribution < 1.29 is 4.79 Å². The number of hydrogen-bond acceptors (Lipinski definition) is 3. The Bertz CT molecular complexity index is 450. The number of ketones is 1. The summed E-state index contributed by atoms with van der Waals surface area (Å²) in [7, 11) is 0. The average molecular weight is 231 g/mol. The van der Waals surface area contributed by atoms with Crippen LogP contribution >= 0.6 is 11.3 Å². The van der Waals surface area contributed by atoms with Gasteiger partial charge in [-0.3, -0.25) is 4.79 Å². The summed E-state index contributed by atoms with van der Waals surface area (Å²) in [6, 6.07) is 10.9. The largest absolute Gasteiger partial charge is 0.318 e. The predicted octanol–water partition coefficient (Wildman–Crippen LogP) is 2.56. The molecular formula is C13H13NOS. The first-order valence-corrected chi connectivity index (χ1v) is 6.06. The first kappa shape index (κ1) is 11.0. The van der Waals surface area contributed by atoms with Crippen molar-refractivity contribution in [1.82, 2.24) is 0 Å². The monoisotopic (exact) mass is 231 g/mol. The number of thiophene rings is 1. The highest BCUT2D eigenvalue weighted by Crippen LogP contribution is 2.14. The molecule has 0 aliphatic heterocycles.